The molecular formula is C62H119NO5. The van der Waals surface area contributed by atoms with Gasteiger partial charge in [-0.2, -0.15) is 0 Å². The molecule has 0 aliphatic rings. The highest BCUT2D eigenvalue weighted by Crippen LogP contribution is 2.17. The molecule has 0 aromatic carbocycles. The van der Waals surface area contributed by atoms with Crippen LogP contribution >= 0.6 is 0 Å². The van der Waals surface area contributed by atoms with Crippen molar-refractivity contribution in [3.63, 3.8) is 0 Å². The molecule has 0 spiro atoms. The number of aliphatic hydroxyl groups excluding tert-OH is 2. The third-order valence-corrected chi connectivity index (χ3v) is 14.2. The molecule has 3 N–H and O–H groups in total. The predicted octanol–water partition coefficient (Wildman–Crippen LogP) is 19.0. The standard InChI is InChI=1S/C62H119NO5/c1-3-5-7-9-11-13-15-16-17-18-19-20-21-22-23-24-25-26-28-31-35-38-42-46-50-54-60(65)59(58-64)63-61(66)55-51-47-43-39-36-32-29-27-30-33-37-41-45-49-53-57-68-62(67)56-52-48-44-40-34-14-12-10-8-6-4-2/h30,33,50,54,59-60,64-65H,3-29,31-32,34-49,51-53,55-58H2,1-2H3,(H,63,66)/b33-30-,54-50+. The molecule has 6 heteroatoms. The molecule has 0 aromatic rings. The fourth-order valence-corrected chi connectivity index (χ4v) is 9.51. The number of nitrogens with one attached hydrogen (secondary N) is 1. The zero-order valence-corrected chi connectivity index (χ0v) is 45.9. The summed E-state index contributed by atoms with van der Waals surface area (Å²) in [5.74, 6) is -0.0907. The topological polar surface area (TPSA) is 95.9 Å². The molecule has 0 aliphatic carbocycles. The van der Waals surface area contributed by atoms with Crippen LogP contribution in [0, 0.1) is 0 Å². The molecule has 402 valence electrons. The zero-order chi connectivity index (χ0) is 49.3. The van der Waals surface area contributed by atoms with Gasteiger partial charge in [-0.05, 0) is 57.8 Å². The molecule has 0 saturated heterocycles. The lowest BCUT2D eigenvalue weighted by Gasteiger charge is -2.20. The summed E-state index contributed by atoms with van der Waals surface area (Å²) in [6.07, 6.45) is 70.7. The Morgan fingerprint density at radius 2 is 0.691 bits per heavy atom. The second kappa shape index (κ2) is 57.9. The van der Waals surface area contributed by atoms with Gasteiger partial charge < -0.3 is 20.3 Å². The average Bonchev–Trinajstić information content (AvgIpc) is 3.34. The van der Waals surface area contributed by atoms with Gasteiger partial charge in [0.05, 0.1) is 25.4 Å². The number of aliphatic hydroxyl groups is 2. The van der Waals surface area contributed by atoms with Crippen LogP contribution in [-0.4, -0.2) is 47.4 Å². The first-order chi connectivity index (χ1) is 33.5. The molecule has 0 bridgehead atoms. The van der Waals surface area contributed by atoms with Gasteiger partial charge in [0.1, 0.15) is 0 Å². The van der Waals surface area contributed by atoms with Gasteiger partial charge in [0.2, 0.25) is 5.91 Å². The van der Waals surface area contributed by atoms with Gasteiger partial charge in [-0.25, -0.2) is 0 Å². The summed E-state index contributed by atoms with van der Waals surface area (Å²) >= 11 is 0. The van der Waals surface area contributed by atoms with E-state index in [0.717, 1.165) is 70.6 Å². The van der Waals surface area contributed by atoms with Gasteiger partial charge in [0, 0.05) is 12.8 Å². The molecule has 0 saturated carbocycles. The molecule has 0 aliphatic heterocycles. The van der Waals surface area contributed by atoms with Gasteiger partial charge in [-0.1, -0.05) is 289 Å². The summed E-state index contributed by atoms with van der Waals surface area (Å²) in [7, 11) is 0. The molecule has 6 nitrogen and oxygen atoms in total. The summed E-state index contributed by atoms with van der Waals surface area (Å²) in [6.45, 7) is 4.89. The summed E-state index contributed by atoms with van der Waals surface area (Å²) < 4.78 is 5.45. The zero-order valence-electron chi connectivity index (χ0n) is 45.9. The van der Waals surface area contributed by atoms with Crippen LogP contribution in [0.25, 0.3) is 0 Å². The minimum Gasteiger partial charge on any atom is -0.466 e. The number of unbranched alkanes of at least 4 members (excludes halogenated alkanes) is 44. The average molecular weight is 959 g/mol. The highest BCUT2D eigenvalue weighted by Gasteiger charge is 2.18. The van der Waals surface area contributed by atoms with E-state index in [0.29, 0.717) is 19.4 Å². The Balaban J connectivity index is 3.50. The second-order valence-electron chi connectivity index (χ2n) is 21.0. The first-order valence-corrected chi connectivity index (χ1v) is 30.6. The minimum atomic E-state index is -0.855. The fourth-order valence-electron chi connectivity index (χ4n) is 9.51. The number of esters is 1. The van der Waals surface area contributed by atoms with Gasteiger partial charge in [0.25, 0.3) is 0 Å². The SMILES string of the molecule is CCCCCCCCCCCCCCCCCCCCCCCCC/C=C/C(O)C(CO)NC(=O)CCCCCCCCC/C=C\CCCCCCOC(=O)CCCCCCCCCCCCC. The van der Waals surface area contributed by atoms with E-state index >= 15 is 0 Å². The van der Waals surface area contributed by atoms with E-state index in [9.17, 15) is 19.8 Å². The lowest BCUT2D eigenvalue weighted by molar-refractivity contribution is -0.143. The minimum absolute atomic E-state index is 0.0109. The highest BCUT2D eigenvalue weighted by molar-refractivity contribution is 5.76. The molecule has 68 heavy (non-hydrogen) atoms. The Labute approximate surface area is 424 Å². The number of carbonyl (C=O) groups is 2. The molecule has 0 aromatic heterocycles. The van der Waals surface area contributed by atoms with Crippen LogP contribution < -0.4 is 5.32 Å². The van der Waals surface area contributed by atoms with E-state index in [4.69, 9.17) is 4.74 Å². The van der Waals surface area contributed by atoms with Gasteiger partial charge in [-0.3, -0.25) is 9.59 Å². The molecule has 1 amide bonds. The van der Waals surface area contributed by atoms with Crippen molar-refractivity contribution < 1.29 is 24.5 Å². The van der Waals surface area contributed by atoms with Crippen LogP contribution in [0.4, 0.5) is 0 Å². The van der Waals surface area contributed by atoms with E-state index in [1.807, 2.05) is 6.08 Å². The predicted molar refractivity (Wildman–Crippen MR) is 296 cm³/mol. The van der Waals surface area contributed by atoms with Crippen molar-refractivity contribution in [3.05, 3.63) is 24.3 Å². The number of allylic oxidation sites excluding steroid dienone is 3. The second-order valence-corrected chi connectivity index (χ2v) is 21.0. The first kappa shape index (κ1) is 66.3. The van der Waals surface area contributed by atoms with Gasteiger partial charge in [0.15, 0.2) is 0 Å². The van der Waals surface area contributed by atoms with Crippen LogP contribution in [-0.2, 0) is 14.3 Å². The van der Waals surface area contributed by atoms with E-state index in [1.165, 1.54) is 238 Å². The number of hydrogen-bond donors (Lipinski definition) is 3. The van der Waals surface area contributed by atoms with Crippen LogP contribution in [0.15, 0.2) is 24.3 Å². The number of amides is 1. The number of ether oxygens (including phenoxy) is 1. The maximum absolute atomic E-state index is 12.5. The van der Waals surface area contributed by atoms with E-state index in [1.54, 1.807) is 6.08 Å². The van der Waals surface area contributed by atoms with Crippen LogP contribution in [0.2, 0.25) is 0 Å². The van der Waals surface area contributed by atoms with Crippen LogP contribution in [0.1, 0.15) is 335 Å². The third kappa shape index (κ3) is 53.7. The Kier molecular flexibility index (Phi) is 56.5. The lowest BCUT2D eigenvalue weighted by atomic mass is 10.0. The maximum atomic E-state index is 12.5. The number of hydrogen-bond acceptors (Lipinski definition) is 5. The molecule has 0 heterocycles. The van der Waals surface area contributed by atoms with E-state index in [-0.39, 0.29) is 18.5 Å². The maximum Gasteiger partial charge on any atom is 0.305 e. The molecule has 0 rings (SSSR count). The Bertz CT molecular complexity index is 1060. The Morgan fingerprint density at radius 3 is 1.04 bits per heavy atom. The summed E-state index contributed by atoms with van der Waals surface area (Å²) in [5, 5.41) is 23.2. The van der Waals surface area contributed by atoms with Crippen molar-refractivity contribution in [2.45, 2.75) is 347 Å². The normalized spacial score (nSPS) is 12.7. The quantitative estimate of drug-likeness (QED) is 0.0321. The van der Waals surface area contributed by atoms with Crippen LogP contribution in [0.5, 0.6) is 0 Å². The fraction of sp³-hybridized carbons (Fsp3) is 0.903. The van der Waals surface area contributed by atoms with E-state index in [2.05, 4.69) is 31.3 Å². The van der Waals surface area contributed by atoms with Gasteiger partial charge >= 0.3 is 5.97 Å². The monoisotopic (exact) mass is 958 g/mol. The third-order valence-electron chi connectivity index (χ3n) is 14.2. The van der Waals surface area contributed by atoms with E-state index < -0.39 is 12.1 Å². The molecule has 0 fully saturated rings. The van der Waals surface area contributed by atoms with Crippen molar-refractivity contribution in [2.24, 2.45) is 0 Å². The number of carbonyl (C=O) groups excluding carboxylic acids is 2. The number of rotatable bonds is 57. The van der Waals surface area contributed by atoms with Crippen molar-refractivity contribution in [3.8, 4) is 0 Å². The summed E-state index contributed by atoms with van der Waals surface area (Å²) in [5.41, 5.74) is 0. The molecular weight excluding hydrogens is 839 g/mol. The Morgan fingerprint density at radius 1 is 0.397 bits per heavy atom. The lowest BCUT2D eigenvalue weighted by Crippen LogP contribution is -2.45. The van der Waals surface area contributed by atoms with Gasteiger partial charge in [-0.15, -0.1) is 0 Å². The molecule has 2 atom stereocenters. The van der Waals surface area contributed by atoms with Crippen molar-refractivity contribution >= 4 is 11.9 Å². The Hall–Kier alpha value is -1.66. The first-order valence-electron chi connectivity index (χ1n) is 30.6. The van der Waals surface area contributed by atoms with Crippen LogP contribution in [0.3, 0.4) is 0 Å². The summed E-state index contributed by atoms with van der Waals surface area (Å²) in [6, 6.07) is -0.640. The largest absolute Gasteiger partial charge is 0.466 e. The smallest absolute Gasteiger partial charge is 0.305 e. The molecule has 2 unspecified atom stereocenters. The van der Waals surface area contributed by atoms with Crippen molar-refractivity contribution in [1.82, 2.24) is 5.32 Å². The summed E-state index contributed by atoms with van der Waals surface area (Å²) in [4.78, 5) is 24.5. The van der Waals surface area contributed by atoms with Crippen molar-refractivity contribution in [1.29, 1.82) is 0 Å². The highest BCUT2D eigenvalue weighted by atomic mass is 16.5. The van der Waals surface area contributed by atoms with Crippen molar-refractivity contribution in [2.75, 3.05) is 13.2 Å². The molecule has 0 radical (unpaired) electrons.